The minimum absolute atomic E-state index is 0.128. The summed E-state index contributed by atoms with van der Waals surface area (Å²) in [6.45, 7) is 7.84. The van der Waals surface area contributed by atoms with E-state index in [4.69, 9.17) is 5.73 Å². The fraction of sp³-hybridized carbons (Fsp3) is 0.300. The highest BCUT2D eigenvalue weighted by Gasteiger charge is 2.18. The van der Waals surface area contributed by atoms with E-state index in [0.29, 0.717) is 22.5 Å². The molecule has 132 valence electrons. The lowest BCUT2D eigenvalue weighted by molar-refractivity contribution is 0.0911. The van der Waals surface area contributed by atoms with Gasteiger partial charge in [-0.25, -0.2) is 0 Å². The molecule has 0 atom stereocenters. The average molecular weight is 339 g/mol. The minimum Gasteiger partial charge on any atom is -0.399 e. The van der Waals surface area contributed by atoms with Crippen LogP contribution < -0.4 is 16.4 Å². The second kappa shape index (κ2) is 7.38. The number of aryl methyl sites for hydroxylation is 1. The summed E-state index contributed by atoms with van der Waals surface area (Å²) < 4.78 is 0. The first-order chi connectivity index (χ1) is 11.7. The number of anilines is 2. The molecule has 0 radical (unpaired) electrons. The van der Waals surface area contributed by atoms with Gasteiger partial charge in [-0.15, -0.1) is 0 Å². The standard InChI is InChI=1S/C20H25N3O2/c1-5-20(3,4)23-18(24)14-7-10-16(11-8-14)22-19(25)17-12-15(21)9-6-13(17)2/h6-12H,5,21H2,1-4H3,(H,22,25)(H,23,24). The molecular weight excluding hydrogens is 314 g/mol. The molecule has 4 N–H and O–H groups in total. The fourth-order valence-electron chi connectivity index (χ4n) is 2.26. The number of carbonyl (C=O) groups excluding carboxylic acids is 2. The lowest BCUT2D eigenvalue weighted by atomic mass is 10.0. The van der Waals surface area contributed by atoms with E-state index in [1.165, 1.54) is 0 Å². The summed E-state index contributed by atoms with van der Waals surface area (Å²) in [5.41, 5.74) is 8.60. The highest BCUT2D eigenvalue weighted by Crippen LogP contribution is 2.17. The van der Waals surface area contributed by atoms with E-state index >= 15 is 0 Å². The van der Waals surface area contributed by atoms with Gasteiger partial charge in [-0.05, 0) is 69.2 Å². The zero-order valence-corrected chi connectivity index (χ0v) is 15.1. The van der Waals surface area contributed by atoms with E-state index in [0.717, 1.165) is 12.0 Å². The number of nitrogens with one attached hydrogen (secondary N) is 2. The van der Waals surface area contributed by atoms with Crippen LogP contribution >= 0.6 is 0 Å². The van der Waals surface area contributed by atoms with Gasteiger partial charge in [0.25, 0.3) is 11.8 Å². The Morgan fingerprint density at radius 3 is 2.28 bits per heavy atom. The third-order valence-electron chi connectivity index (χ3n) is 4.25. The second-order valence-electron chi connectivity index (χ2n) is 6.80. The number of amides is 2. The number of rotatable bonds is 5. The number of hydrogen-bond donors (Lipinski definition) is 3. The highest BCUT2D eigenvalue weighted by molar-refractivity contribution is 6.06. The number of nitrogen functional groups attached to an aromatic ring is 1. The molecule has 2 aromatic carbocycles. The van der Waals surface area contributed by atoms with E-state index in [1.54, 1.807) is 36.4 Å². The second-order valence-corrected chi connectivity index (χ2v) is 6.80. The molecule has 0 bridgehead atoms. The Bertz CT molecular complexity index is 780. The van der Waals surface area contributed by atoms with Gasteiger partial charge in [0, 0.05) is 28.0 Å². The van der Waals surface area contributed by atoms with Crippen molar-refractivity contribution in [1.82, 2.24) is 5.32 Å². The van der Waals surface area contributed by atoms with Crippen LogP contribution in [-0.4, -0.2) is 17.4 Å². The first-order valence-electron chi connectivity index (χ1n) is 8.32. The van der Waals surface area contributed by atoms with Crippen LogP contribution in [0.5, 0.6) is 0 Å². The Hall–Kier alpha value is -2.82. The maximum Gasteiger partial charge on any atom is 0.256 e. The summed E-state index contributed by atoms with van der Waals surface area (Å²) in [6, 6.07) is 12.1. The van der Waals surface area contributed by atoms with Gasteiger partial charge in [0.05, 0.1) is 0 Å². The van der Waals surface area contributed by atoms with Gasteiger partial charge in [-0.2, -0.15) is 0 Å². The monoisotopic (exact) mass is 339 g/mol. The van der Waals surface area contributed by atoms with Crippen molar-refractivity contribution in [3.05, 3.63) is 59.2 Å². The fourth-order valence-corrected chi connectivity index (χ4v) is 2.26. The minimum atomic E-state index is -0.255. The van der Waals surface area contributed by atoms with Crippen LogP contribution in [0, 0.1) is 6.92 Å². The average Bonchev–Trinajstić information content (AvgIpc) is 2.57. The van der Waals surface area contributed by atoms with Crippen LogP contribution in [0.15, 0.2) is 42.5 Å². The van der Waals surface area contributed by atoms with Crippen molar-refractivity contribution < 1.29 is 9.59 Å². The lowest BCUT2D eigenvalue weighted by Gasteiger charge is -2.24. The molecule has 5 heteroatoms. The molecule has 2 amide bonds. The van der Waals surface area contributed by atoms with Crippen molar-refractivity contribution in [2.75, 3.05) is 11.1 Å². The quantitative estimate of drug-likeness (QED) is 0.725. The Balaban J connectivity index is 2.09. The highest BCUT2D eigenvalue weighted by atomic mass is 16.2. The summed E-state index contributed by atoms with van der Waals surface area (Å²) in [4.78, 5) is 24.6. The molecule has 0 aliphatic rings. The first-order valence-corrected chi connectivity index (χ1v) is 8.32. The molecule has 0 aliphatic carbocycles. The predicted octanol–water partition coefficient (Wildman–Crippen LogP) is 3.75. The van der Waals surface area contributed by atoms with Gasteiger partial charge in [0.2, 0.25) is 0 Å². The Labute approximate surface area is 148 Å². The molecular formula is C20H25N3O2. The number of nitrogens with two attached hydrogens (primary N) is 1. The maximum absolute atomic E-state index is 12.4. The van der Waals surface area contributed by atoms with Crippen molar-refractivity contribution in [1.29, 1.82) is 0 Å². The molecule has 0 fully saturated rings. The van der Waals surface area contributed by atoms with Crippen molar-refractivity contribution in [3.63, 3.8) is 0 Å². The smallest absolute Gasteiger partial charge is 0.256 e. The number of carbonyl (C=O) groups is 2. The molecule has 0 spiro atoms. The summed E-state index contributed by atoms with van der Waals surface area (Å²) >= 11 is 0. The van der Waals surface area contributed by atoms with Crippen LogP contribution in [0.1, 0.15) is 53.5 Å². The van der Waals surface area contributed by atoms with E-state index < -0.39 is 0 Å². The summed E-state index contributed by atoms with van der Waals surface area (Å²) in [6.07, 6.45) is 0.840. The first kappa shape index (κ1) is 18.5. The third-order valence-corrected chi connectivity index (χ3v) is 4.25. The Morgan fingerprint density at radius 1 is 1.04 bits per heavy atom. The molecule has 0 saturated heterocycles. The maximum atomic E-state index is 12.4. The van der Waals surface area contributed by atoms with Crippen LogP contribution in [0.4, 0.5) is 11.4 Å². The summed E-state index contributed by atoms with van der Waals surface area (Å²) in [7, 11) is 0. The van der Waals surface area contributed by atoms with Crippen molar-refractivity contribution in [2.45, 2.75) is 39.7 Å². The van der Waals surface area contributed by atoms with Crippen molar-refractivity contribution in [3.8, 4) is 0 Å². The largest absolute Gasteiger partial charge is 0.399 e. The zero-order chi connectivity index (χ0) is 18.6. The van der Waals surface area contributed by atoms with Gasteiger partial charge in [0.15, 0.2) is 0 Å². The SMILES string of the molecule is CCC(C)(C)NC(=O)c1ccc(NC(=O)c2cc(N)ccc2C)cc1. The normalized spacial score (nSPS) is 11.0. The number of hydrogen-bond acceptors (Lipinski definition) is 3. The predicted molar refractivity (Wildman–Crippen MR) is 102 cm³/mol. The van der Waals surface area contributed by atoms with Crippen LogP contribution in [0.3, 0.4) is 0 Å². The van der Waals surface area contributed by atoms with E-state index in [-0.39, 0.29) is 17.4 Å². The lowest BCUT2D eigenvalue weighted by Crippen LogP contribution is -2.42. The molecule has 0 heterocycles. The van der Waals surface area contributed by atoms with E-state index in [1.807, 2.05) is 33.8 Å². The van der Waals surface area contributed by atoms with Gasteiger partial charge in [-0.1, -0.05) is 13.0 Å². The topological polar surface area (TPSA) is 84.2 Å². The summed E-state index contributed by atoms with van der Waals surface area (Å²) in [5, 5.41) is 5.81. The molecule has 2 aromatic rings. The molecule has 0 aliphatic heterocycles. The van der Waals surface area contributed by atoms with Gasteiger partial charge in [-0.3, -0.25) is 9.59 Å². The van der Waals surface area contributed by atoms with Crippen LogP contribution in [0.25, 0.3) is 0 Å². The summed E-state index contributed by atoms with van der Waals surface area (Å²) in [5.74, 6) is -0.356. The van der Waals surface area contributed by atoms with Crippen LogP contribution in [0.2, 0.25) is 0 Å². The van der Waals surface area contributed by atoms with Gasteiger partial charge < -0.3 is 16.4 Å². The van der Waals surface area contributed by atoms with Crippen LogP contribution in [-0.2, 0) is 0 Å². The third kappa shape index (κ3) is 4.83. The van der Waals surface area contributed by atoms with Gasteiger partial charge >= 0.3 is 0 Å². The molecule has 25 heavy (non-hydrogen) atoms. The van der Waals surface area contributed by atoms with Crippen molar-refractivity contribution >= 4 is 23.2 Å². The Kier molecular flexibility index (Phi) is 5.47. The van der Waals surface area contributed by atoms with Gasteiger partial charge in [0.1, 0.15) is 0 Å². The molecule has 0 aromatic heterocycles. The van der Waals surface area contributed by atoms with E-state index in [9.17, 15) is 9.59 Å². The Morgan fingerprint density at radius 2 is 1.68 bits per heavy atom. The number of benzene rings is 2. The zero-order valence-electron chi connectivity index (χ0n) is 15.1. The molecule has 5 nitrogen and oxygen atoms in total. The van der Waals surface area contributed by atoms with Crippen molar-refractivity contribution in [2.24, 2.45) is 0 Å². The van der Waals surface area contributed by atoms with E-state index in [2.05, 4.69) is 10.6 Å². The molecule has 0 unspecified atom stereocenters. The molecule has 0 saturated carbocycles. The molecule has 2 rings (SSSR count).